The van der Waals surface area contributed by atoms with Crippen LogP contribution in [0.1, 0.15) is 83.7 Å². The summed E-state index contributed by atoms with van der Waals surface area (Å²) in [6.45, 7) is 13.4. The predicted molar refractivity (Wildman–Crippen MR) is 301 cm³/mol. The summed E-state index contributed by atoms with van der Waals surface area (Å²) < 4.78 is 19.1. The molecular weight excluding hydrogens is 1000 g/mol. The van der Waals surface area contributed by atoms with E-state index in [9.17, 15) is 29.1 Å². The van der Waals surface area contributed by atoms with Crippen LogP contribution in [0.5, 0.6) is 5.75 Å². The van der Waals surface area contributed by atoms with Gasteiger partial charge in [0.25, 0.3) is 5.91 Å². The van der Waals surface area contributed by atoms with E-state index < -0.39 is 53.3 Å². The zero-order valence-electron chi connectivity index (χ0n) is 42.2. The molecule has 0 radical (unpaired) electrons. The van der Waals surface area contributed by atoms with E-state index in [0.717, 1.165) is 39.0 Å². The number of fused-ring (bicyclic) bond motifs is 6. The highest BCUT2D eigenvalue weighted by atomic mass is 32.1. The number of hydrazine groups is 1. The average molecular weight is 1080 g/mol. The van der Waals surface area contributed by atoms with Crippen molar-refractivity contribution in [3.63, 3.8) is 0 Å². The summed E-state index contributed by atoms with van der Waals surface area (Å²) in [5, 5.41) is 16.7. The fraction of sp³-hybridized carbons (Fsp3) is 0.520. The van der Waals surface area contributed by atoms with Gasteiger partial charge in [0.2, 0.25) is 11.8 Å². The van der Waals surface area contributed by atoms with Crippen LogP contribution in [0, 0.1) is 17.3 Å². The molecule has 3 aliphatic rings. The number of ether oxygens (including phenoxy) is 3. The number of amides is 4. The Labute approximate surface area is 452 Å². The molecule has 5 atom stereocenters. The topological polar surface area (TPSA) is 185 Å². The number of methoxy groups -OCH3 is 2. The Hall–Kier alpha value is -4.25. The summed E-state index contributed by atoms with van der Waals surface area (Å²) in [5.74, 6) is -2.70. The third-order valence-electron chi connectivity index (χ3n) is 13.3. The standard InChI is InChI=1S/C50H65N7O9.5H2S/c1-10-56-41-16-15-32-25-37(41)38(44(56)36-13-11-18-51-42(36)30(4)64-8)26-50(5,6)28-66-48(62)39-14-12-19-57(53-39)47(61)40(23-31-21-34(32)24-35(58)22-31)52-45(59)43(29(2)3)54(7)46(60)33-17-20-55(27-33)49(63)65-9;;;;;/h11,13,15-16,18,21-22,24-25,29-30,33,39-40,43,53,58H,10,12,14,17,19-20,23,26-28H2,1-9H3,(H,52,59);5*1H2/t30-,33-,39-,40-,43-;;;;;/m0...../s1. The number of aromatic hydroxyl groups is 1. The van der Waals surface area contributed by atoms with Crippen LogP contribution < -0.4 is 10.7 Å². The number of rotatable bonds is 9. The van der Waals surface area contributed by atoms with Gasteiger partial charge in [-0.05, 0) is 104 Å². The average Bonchev–Trinajstić information content (AvgIpc) is 3.92. The highest BCUT2D eigenvalue weighted by Crippen LogP contribution is 2.42. The number of nitrogens with one attached hydrogen (secondary N) is 2. The Morgan fingerprint density at radius 2 is 1.70 bits per heavy atom. The number of phenols is 1. The number of likely N-dealkylation sites (tertiary alicyclic amines) is 1. The predicted octanol–water partition coefficient (Wildman–Crippen LogP) is 6.59. The highest BCUT2D eigenvalue weighted by molar-refractivity contribution is 7.60. The van der Waals surface area contributed by atoms with Gasteiger partial charge in [-0.2, -0.15) is 67.5 Å². The number of aromatic nitrogens is 2. The molecule has 21 heteroatoms. The minimum atomic E-state index is -1.17. The molecule has 4 aromatic rings. The fourth-order valence-corrected chi connectivity index (χ4v) is 9.93. The molecule has 0 spiro atoms. The molecule has 2 fully saturated rings. The molecule has 5 heterocycles. The lowest BCUT2D eigenvalue weighted by Gasteiger charge is -2.37. The van der Waals surface area contributed by atoms with Crippen LogP contribution in [0.4, 0.5) is 4.79 Å². The van der Waals surface area contributed by atoms with Crippen LogP contribution in [0.25, 0.3) is 33.3 Å². The Balaban J connectivity index is 0.00000346. The Morgan fingerprint density at radius 1 is 0.986 bits per heavy atom. The number of carbonyl (C=O) groups excluding carboxylic acids is 5. The number of hydrogen-bond donors (Lipinski definition) is 3. The smallest absolute Gasteiger partial charge is 0.409 e. The number of benzene rings is 2. The quantitative estimate of drug-likeness (QED) is 0.154. The number of aryl methyl sites for hydroxylation is 1. The number of phenolic OH excluding ortho intramolecular Hbond substituents is 1. The molecule has 2 saturated heterocycles. The van der Waals surface area contributed by atoms with Crippen molar-refractivity contribution < 1.29 is 43.3 Å². The third kappa shape index (κ3) is 13.7. The molecule has 0 aliphatic carbocycles. The summed E-state index contributed by atoms with van der Waals surface area (Å²) in [5.41, 5.74) is 9.50. The lowest BCUT2D eigenvalue weighted by molar-refractivity contribution is -0.155. The molecule has 2 aromatic heterocycles. The van der Waals surface area contributed by atoms with E-state index in [0.29, 0.717) is 49.9 Å². The van der Waals surface area contributed by atoms with Gasteiger partial charge in [-0.25, -0.2) is 10.2 Å². The molecule has 16 nitrogen and oxygen atoms in total. The van der Waals surface area contributed by atoms with Crippen LogP contribution >= 0.6 is 67.5 Å². The molecule has 7 rings (SSSR count). The van der Waals surface area contributed by atoms with Gasteiger partial charge in [0.05, 0.1) is 37.1 Å². The van der Waals surface area contributed by atoms with Gasteiger partial charge in [-0.3, -0.25) is 29.2 Å². The van der Waals surface area contributed by atoms with Gasteiger partial charge < -0.3 is 39.0 Å². The van der Waals surface area contributed by atoms with Crippen LogP contribution in [0.3, 0.4) is 0 Å². The number of likely N-dealkylation sites (N-methyl/N-ethyl adjacent to an activating group) is 1. The third-order valence-corrected chi connectivity index (χ3v) is 13.3. The summed E-state index contributed by atoms with van der Waals surface area (Å²) in [4.78, 5) is 76.9. The van der Waals surface area contributed by atoms with E-state index in [1.165, 1.54) is 21.9 Å². The number of carbonyl (C=O) groups is 5. The maximum atomic E-state index is 14.7. The second-order valence-electron chi connectivity index (χ2n) is 19.1. The van der Waals surface area contributed by atoms with E-state index in [1.807, 2.05) is 39.0 Å². The highest BCUT2D eigenvalue weighted by Gasteiger charge is 2.40. The molecule has 71 heavy (non-hydrogen) atoms. The van der Waals surface area contributed by atoms with E-state index in [2.05, 4.69) is 54.3 Å². The first-order valence-electron chi connectivity index (χ1n) is 23.1. The Morgan fingerprint density at radius 3 is 2.37 bits per heavy atom. The van der Waals surface area contributed by atoms with E-state index >= 15 is 0 Å². The fourth-order valence-electron chi connectivity index (χ4n) is 9.93. The number of cyclic esters (lactones) is 1. The van der Waals surface area contributed by atoms with Crippen LogP contribution in [-0.2, 0) is 52.8 Å². The summed E-state index contributed by atoms with van der Waals surface area (Å²) >= 11 is 0. The second kappa shape index (κ2) is 26.6. The van der Waals surface area contributed by atoms with Gasteiger partial charge in [0, 0.05) is 74.8 Å². The number of nitrogens with zero attached hydrogens (tertiary/aromatic N) is 5. The molecule has 2 aromatic carbocycles. The van der Waals surface area contributed by atoms with Crippen molar-refractivity contribution in [3.05, 3.63) is 71.5 Å². The van der Waals surface area contributed by atoms with Crippen LogP contribution in [0.2, 0.25) is 0 Å². The van der Waals surface area contributed by atoms with E-state index in [1.54, 1.807) is 32.5 Å². The maximum Gasteiger partial charge on any atom is 0.409 e. The SMILES string of the molecule is CCn1c(-c2cccnc2[C@H](C)OC)c2c3cc(ccc31)-c1cc(O)cc(c1)C[C@H](NC(=O)[C@H](C(C)C)N(C)C(=O)[C@H]1CCN(C(=O)OC)C1)C(=O)N1CCC[C@H](N1)C(=O)OCC(C)(C)C2.S.S.S.S.S. The lowest BCUT2D eigenvalue weighted by Crippen LogP contribution is -2.62. The largest absolute Gasteiger partial charge is 0.508 e. The lowest BCUT2D eigenvalue weighted by atomic mass is 9.84. The van der Waals surface area contributed by atoms with E-state index in [4.69, 9.17) is 19.2 Å². The summed E-state index contributed by atoms with van der Waals surface area (Å²) in [6, 6.07) is 12.5. The van der Waals surface area contributed by atoms with Crippen molar-refractivity contribution in [1.29, 1.82) is 0 Å². The van der Waals surface area contributed by atoms with Crippen molar-refractivity contribution in [2.45, 2.75) is 104 Å². The minimum Gasteiger partial charge on any atom is -0.508 e. The molecule has 0 saturated carbocycles. The summed E-state index contributed by atoms with van der Waals surface area (Å²) in [7, 11) is 4.53. The van der Waals surface area contributed by atoms with Crippen LogP contribution in [-0.4, -0.2) is 125 Å². The molecule has 6 bridgehead atoms. The van der Waals surface area contributed by atoms with E-state index in [-0.39, 0.29) is 117 Å². The first-order chi connectivity index (χ1) is 31.4. The first kappa shape index (κ1) is 62.9. The van der Waals surface area contributed by atoms with Gasteiger partial charge in [0.15, 0.2) is 0 Å². The molecule has 0 unspecified atom stereocenters. The van der Waals surface area contributed by atoms with Crippen molar-refractivity contribution in [1.82, 2.24) is 35.1 Å². The number of esters is 1. The van der Waals surface area contributed by atoms with Crippen molar-refractivity contribution in [2.24, 2.45) is 17.3 Å². The Kier molecular flexibility index (Phi) is 23.6. The molecule has 3 aliphatic heterocycles. The van der Waals surface area contributed by atoms with Gasteiger partial charge >= 0.3 is 12.1 Å². The monoisotopic (exact) mass is 1080 g/mol. The zero-order valence-corrected chi connectivity index (χ0v) is 47.2. The Bertz CT molecular complexity index is 2510. The van der Waals surface area contributed by atoms with Crippen LogP contribution in [0.15, 0.2) is 54.7 Å². The maximum absolute atomic E-state index is 14.7. The van der Waals surface area contributed by atoms with Crippen molar-refractivity contribution >= 4 is 108 Å². The summed E-state index contributed by atoms with van der Waals surface area (Å²) in [6.07, 6.45) is 2.86. The minimum absolute atomic E-state index is 0. The number of hydrogen-bond acceptors (Lipinski definition) is 11. The molecule has 394 valence electrons. The molecule has 4 amide bonds. The zero-order chi connectivity index (χ0) is 47.6. The van der Waals surface area contributed by atoms with Crippen molar-refractivity contribution in [2.75, 3.05) is 47.5 Å². The first-order valence-corrected chi connectivity index (χ1v) is 23.1. The van der Waals surface area contributed by atoms with Crippen molar-refractivity contribution in [3.8, 4) is 28.1 Å². The van der Waals surface area contributed by atoms with Gasteiger partial charge in [0.1, 0.15) is 23.9 Å². The normalized spacial score (nSPS) is 19.5. The van der Waals surface area contributed by atoms with Gasteiger partial charge in [-0.1, -0.05) is 39.8 Å². The second-order valence-corrected chi connectivity index (χ2v) is 19.1. The number of pyridine rings is 1. The van der Waals surface area contributed by atoms with Gasteiger partial charge in [-0.15, -0.1) is 0 Å². The molecule has 3 N–H and O–H groups in total. The molecular formula is C50H75N7O9S5.